The number of allylic oxidation sites excluding steroid dienone is 4. The van der Waals surface area contributed by atoms with E-state index >= 15 is 0 Å². The fourth-order valence-corrected chi connectivity index (χ4v) is 6.95. The molecule has 0 aliphatic heterocycles. The summed E-state index contributed by atoms with van der Waals surface area (Å²) in [6.07, 6.45) is 8.54. The highest BCUT2D eigenvalue weighted by atomic mass is 16.5. The fourth-order valence-electron chi connectivity index (χ4n) is 6.95. The first-order valence-electron chi connectivity index (χ1n) is 19.9. The highest BCUT2D eigenvalue weighted by Gasteiger charge is 2.24. The Morgan fingerprint density at radius 3 is 1.68 bits per heavy atom. The van der Waals surface area contributed by atoms with Crippen LogP contribution in [0.1, 0.15) is 75.6 Å². The van der Waals surface area contributed by atoms with Crippen molar-refractivity contribution in [1.82, 2.24) is 9.80 Å². The first-order valence-corrected chi connectivity index (χ1v) is 19.9. The zero-order valence-electron chi connectivity index (χ0n) is 34.5. The number of unbranched alkanes of at least 4 members (excludes halogenated alkanes) is 2. The molecule has 0 amide bonds. The van der Waals surface area contributed by atoms with Gasteiger partial charge in [0.05, 0.1) is 25.7 Å². The van der Waals surface area contributed by atoms with Gasteiger partial charge in [0.25, 0.3) is 0 Å². The summed E-state index contributed by atoms with van der Waals surface area (Å²) in [6.45, 7) is 12.7. The molecule has 0 unspecified atom stereocenters. The first kappa shape index (κ1) is 42.1. The fraction of sp³-hybridized carbons (Fsp3) is 0.396. The minimum absolute atomic E-state index is 0.113. The minimum Gasteiger partial charge on any atom is -0.507 e. The third-order valence-corrected chi connectivity index (χ3v) is 9.92. The number of rotatable bonds is 21. The van der Waals surface area contributed by atoms with E-state index in [1.807, 2.05) is 45.9 Å². The average molecular weight is 761 g/mol. The van der Waals surface area contributed by atoms with Crippen LogP contribution in [0.15, 0.2) is 105 Å². The third-order valence-electron chi connectivity index (χ3n) is 9.92. The number of methoxy groups -OCH3 is 1. The first-order chi connectivity index (χ1) is 27.0. The average Bonchev–Trinajstić information content (AvgIpc) is 3.16. The summed E-state index contributed by atoms with van der Waals surface area (Å²) in [6, 6.07) is 24.4. The zero-order valence-corrected chi connectivity index (χ0v) is 34.5. The maximum atomic E-state index is 14.5. The molecular weight excluding hydrogens is 701 g/mol. The van der Waals surface area contributed by atoms with E-state index in [4.69, 9.17) is 18.6 Å². The van der Waals surface area contributed by atoms with Crippen molar-refractivity contribution >= 4 is 21.9 Å². The lowest BCUT2D eigenvalue weighted by molar-refractivity contribution is 0.265. The van der Waals surface area contributed by atoms with Crippen LogP contribution >= 0.6 is 0 Å². The van der Waals surface area contributed by atoms with Crippen LogP contribution in [-0.4, -0.2) is 62.4 Å². The minimum atomic E-state index is -0.311. The molecule has 56 heavy (non-hydrogen) atoms. The predicted octanol–water partition coefficient (Wildman–Crippen LogP) is 10.3. The lowest BCUT2D eigenvalue weighted by atomic mass is 9.98. The van der Waals surface area contributed by atoms with E-state index in [0.717, 1.165) is 63.0 Å². The lowest BCUT2D eigenvalue weighted by Crippen LogP contribution is -2.19. The molecule has 0 fully saturated rings. The normalized spacial score (nSPS) is 11.4. The topological polar surface area (TPSA) is 84.6 Å². The van der Waals surface area contributed by atoms with Gasteiger partial charge in [-0.3, -0.25) is 4.79 Å². The Labute approximate surface area is 333 Å². The summed E-state index contributed by atoms with van der Waals surface area (Å²) in [5, 5.41) is 12.3. The van der Waals surface area contributed by atoms with Gasteiger partial charge >= 0.3 is 0 Å². The molecule has 0 aliphatic rings. The number of phenolic OH excluding ortho intramolecular Hbond substituents is 1. The van der Waals surface area contributed by atoms with E-state index in [2.05, 4.69) is 78.5 Å². The van der Waals surface area contributed by atoms with E-state index in [-0.39, 0.29) is 22.1 Å². The molecule has 4 aromatic carbocycles. The van der Waals surface area contributed by atoms with Gasteiger partial charge in [-0.05, 0) is 105 Å². The van der Waals surface area contributed by atoms with Crippen LogP contribution in [0.5, 0.6) is 23.0 Å². The number of benzene rings is 4. The van der Waals surface area contributed by atoms with Gasteiger partial charge in [-0.25, -0.2) is 0 Å². The van der Waals surface area contributed by atoms with Crippen LogP contribution in [0.25, 0.3) is 21.9 Å². The van der Waals surface area contributed by atoms with E-state index in [9.17, 15) is 9.90 Å². The summed E-state index contributed by atoms with van der Waals surface area (Å²) in [7, 11) is 5.86. The van der Waals surface area contributed by atoms with E-state index in [1.165, 1.54) is 11.1 Å². The number of ether oxygens (including phenoxy) is 3. The van der Waals surface area contributed by atoms with Crippen molar-refractivity contribution < 1.29 is 23.7 Å². The Hall–Kier alpha value is -5.05. The van der Waals surface area contributed by atoms with Crippen LogP contribution in [0, 0.1) is 0 Å². The second-order valence-corrected chi connectivity index (χ2v) is 15.3. The Kier molecular flexibility index (Phi) is 15.6. The highest BCUT2D eigenvalue weighted by Crippen LogP contribution is 2.42. The number of nitrogens with zero attached hydrogens (tertiary/aromatic N) is 2. The van der Waals surface area contributed by atoms with Gasteiger partial charge in [0, 0.05) is 36.3 Å². The second kappa shape index (κ2) is 20.7. The van der Waals surface area contributed by atoms with Crippen molar-refractivity contribution in [1.29, 1.82) is 0 Å². The summed E-state index contributed by atoms with van der Waals surface area (Å²) in [5.41, 5.74) is 6.35. The van der Waals surface area contributed by atoms with E-state index in [0.29, 0.717) is 65.4 Å². The van der Waals surface area contributed by atoms with Crippen LogP contribution in [0.2, 0.25) is 0 Å². The molecule has 1 N–H and O–H groups in total. The SMILES string of the molecule is COc1c(OCCCCN(C)Cc2ccccc2)cc2oc3cc(OCCCCN(C)Cc4ccccc4)c(CC=C(C)C)c(O)c3c(=O)c2c1CC=C(C)C. The van der Waals surface area contributed by atoms with Crippen molar-refractivity contribution in [2.45, 2.75) is 79.3 Å². The maximum Gasteiger partial charge on any atom is 0.204 e. The molecule has 0 saturated carbocycles. The summed E-state index contributed by atoms with van der Waals surface area (Å²) < 4.78 is 25.2. The second-order valence-electron chi connectivity index (χ2n) is 15.3. The third kappa shape index (κ3) is 11.5. The van der Waals surface area contributed by atoms with Gasteiger partial charge in [-0.1, -0.05) is 84.0 Å². The summed E-state index contributed by atoms with van der Waals surface area (Å²) in [5.74, 6) is 1.43. The standard InChI is InChI=1S/C48H60N2O6/c1-34(2)22-24-38-40(54-28-16-14-26-49(5)32-36-18-10-8-11-19-36)30-42-45(46(38)51)47(52)44-39(25-23-35(3)4)48(53-7)43(31-41(44)56-42)55-29-17-15-27-50(6)33-37-20-12-9-13-21-37/h8-13,18-23,30-31,51H,14-17,24-29,32-33H2,1-7H3. The molecule has 0 bridgehead atoms. The van der Waals surface area contributed by atoms with Gasteiger partial charge in [-0.2, -0.15) is 0 Å². The van der Waals surface area contributed by atoms with Gasteiger partial charge in [-0.15, -0.1) is 0 Å². The molecule has 5 rings (SSSR count). The van der Waals surface area contributed by atoms with Crippen molar-refractivity contribution in [3.8, 4) is 23.0 Å². The summed E-state index contributed by atoms with van der Waals surface area (Å²) in [4.78, 5) is 19.2. The van der Waals surface area contributed by atoms with Gasteiger partial charge in [0.2, 0.25) is 5.43 Å². The van der Waals surface area contributed by atoms with Crippen LogP contribution in [-0.2, 0) is 25.9 Å². The molecule has 0 radical (unpaired) electrons. The largest absolute Gasteiger partial charge is 0.507 e. The molecule has 8 nitrogen and oxygen atoms in total. The molecule has 1 aromatic heterocycles. The monoisotopic (exact) mass is 760 g/mol. The molecule has 0 aliphatic carbocycles. The smallest absolute Gasteiger partial charge is 0.204 e. The van der Waals surface area contributed by atoms with E-state index in [1.54, 1.807) is 19.2 Å². The number of phenols is 1. The molecule has 0 spiro atoms. The van der Waals surface area contributed by atoms with Crippen molar-refractivity contribution in [3.63, 3.8) is 0 Å². The van der Waals surface area contributed by atoms with Crippen molar-refractivity contribution in [2.24, 2.45) is 0 Å². The Balaban J connectivity index is 1.40. The number of hydrogen-bond acceptors (Lipinski definition) is 8. The Morgan fingerprint density at radius 2 is 1.16 bits per heavy atom. The lowest BCUT2D eigenvalue weighted by Gasteiger charge is -2.19. The van der Waals surface area contributed by atoms with Gasteiger partial charge in [0.1, 0.15) is 28.1 Å². The highest BCUT2D eigenvalue weighted by molar-refractivity contribution is 5.98. The predicted molar refractivity (Wildman–Crippen MR) is 229 cm³/mol. The maximum absolute atomic E-state index is 14.5. The quantitative estimate of drug-likeness (QED) is 0.0450. The van der Waals surface area contributed by atoms with Crippen LogP contribution in [0.3, 0.4) is 0 Å². The number of fused-ring (bicyclic) bond motifs is 2. The van der Waals surface area contributed by atoms with Gasteiger partial charge in [0.15, 0.2) is 11.5 Å². The molecule has 0 saturated heterocycles. The van der Waals surface area contributed by atoms with Crippen LogP contribution in [0.4, 0.5) is 0 Å². The molecule has 8 heteroatoms. The van der Waals surface area contributed by atoms with E-state index < -0.39 is 0 Å². The molecular formula is C48H60N2O6. The molecule has 5 aromatic rings. The molecule has 0 atom stereocenters. The Bertz CT molecular complexity index is 2150. The molecule has 1 heterocycles. The van der Waals surface area contributed by atoms with Crippen molar-refractivity contribution in [2.75, 3.05) is 47.5 Å². The Morgan fingerprint density at radius 1 is 0.679 bits per heavy atom. The molecule has 298 valence electrons. The number of hydrogen-bond donors (Lipinski definition) is 1. The van der Waals surface area contributed by atoms with Crippen molar-refractivity contribution in [3.05, 3.63) is 129 Å². The number of aromatic hydroxyl groups is 1. The van der Waals surface area contributed by atoms with Crippen LogP contribution < -0.4 is 19.6 Å². The summed E-state index contributed by atoms with van der Waals surface area (Å²) >= 11 is 0. The zero-order chi connectivity index (χ0) is 40.0. The van der Waals surface area contributed by atoms with Gasteiger partial charge < -0.3 is 33.5 Å².